The summed E-state index contributed by atoms with van der Waals surface area (Å²) in [7, 11) is 0. The maximum atomic E-state index is 12.8. The van der Waals surface area contributed by atoms with Gasteiger partial charge in [0.1, 0.15) is 6.10 Å². The first-order valence-corrected chi connectivity index (χ1v) is 3.58. The number of aromatic nitrogens is 1. The monoisotopic (exact) mass is 173 g/mol. The Balaban J connectivity index is 2.42. The first-order chi connectivity index (χ1) is 5.27. The largest absolute Gasteiger partial charge is 0.368 e. The normalized spacial score (nSPS) is 21.8. The van der Waals surface area contributed by atoms with E-state index in [4.69, 9.17) is 16.3 Å². The van der Waals surface area contributed by atoms with Gasteiger partial charge in [0, 0.05) is 11.8 Å². The second-order valence-electron chi connectivity index (χ2n) is 2.36. The summed E-state index contributed by atoms with van der Waals surface area (Å²) in [5, 5.41) is 0.442. The van der Waals surface area contributed by atoms with Gasteiger partial charge >= 0.3 is 0 Å². The fourth-order valence-electron chi connectivity index (χ4n) is 0.892. The highest BCUT2D eigenvalue weighted by atomic mass is 35.5. The minimum absolute atomic E-state index is 0.124. The summed E-state index contributed by atoms with van der Waals surface area (Å²) in [6.45, 7) is 0.568. The minimum Gasteiger partial charge on any atom is -0.368 e. The fourth-order valence-corrected chi connectivity index (χ4v) is 1.06. The molecule has 0 N–H and O–H groups in total. The second kappa shape index (κ2) is 2.43. The highest BCUT2D eigenvalue weighted by molar-refractivity contribution is 6.30. The summed E-state index contributed by atoms with van der Waals surface area (Å²) in [6, 6.07) is 1.54. The van der Waals surface area contributed by atoms with Gasteiger partial charge in [0.05, 0.1) is 11.6 Å². The molecule has 4 heteroatoms. The third kappa shape index (κ3) is 1.34. The summed E-state index contributed by atoms with van der Waals surface area (Å²) in [5.41, 5.74) is 0.456. The van der Waals surface area contributed by atoms with Gasteiger partial charge in [-0.05, 0) is 6.07 Å². The number of ether oxygens (including phenoxy) is 1. The molecule has 0 amide bonds. The number of epoxide rings is 1. The molecular weight excluding hydrogens is 169 g/mol. The van der Waals surface area contributed by atoms with Gasteiger partial charge < -0.3 is 4.74 Å². The first kappa shape index (κ1) is 7.00. The predicted octanol–water partition coefficient (Wildman–Crippen LogP) is 1.95. The average molecular weight is 174 g/mol. The van der Waals surface area contributed by atoms with Crippen LogP contribution in [-0.4, -0.2) is 11.6 Å². The second-order valence-corrected chi connectivity index (χ2v) is 2.79. The molecule has 1 aliphatic rings. The zero-order valence-electron chi connectivity index (χ0n) is 5.55. The lowest BCUT2D eigenvalue weighted by Gasteiger charge is -1.96. The van der Waals surface area contributed by atoms with Crippen LogP contribution in [0.3, 0.4) is 0 Å². The van der Waals surface area contributed by atoms with E-state index in [1.165, 1.54) is 6.20 Å². The molecule has 0 unspecified atom stereocenters. The predicted molar refractivity (Wildman–Crippen MR) is 37.9 cm³/mol. The topological polar surface area (TPSA) is 25.4 Å². The molecule has 1 aliphatic heterocycles. The number of hydrogen-bond acceptors (Lipinski definition) is 2. The van der Waals surface area contributed by atoms with Crippen LogP contribution in [0.15, 0.2) is 12.3 Å². The Kier molecular flexibility index (Phi) is 1.55. The minimum atomic E-state index is -0.489. The van der Waals surface area contributed by atoms with E-state index in [-0.39, 0.29) is 6.10 Å². The zero-order chi connectivity index (χ0) is 7.84. The first-order valence-electron chi connectivity index (χ1n) is 3.20. The van der Waals surface area contributed by atoms with Crippen molar-refractivity contribution in [2.75, 3.05) is 6.61 Å². The Labute approximate surface area is 68.0 Å². The van der Waals surface area contributed by atoms with E-state index in [2.05, 4.69) is 4.98 Å². The van der Waals surface area contributed by atoms with Gasteiger partial charge in [0.2, 0.25) is 5.95 Å². The van der Waals surface area contributed by atoms with Crippen molar-refractivity contribution in [1.29, 1.82) is 0 Å². The fraction of sp³-hybridized carbons (Fsp3) is 0.286. The molecule has 2 heterocycles. The average Bonchev–Trinajstić information content (AvgIpc) is 2.76. The summed E-state index contributed by atoms with van der Waals surface area (Å²) < 4.78 is 17.7. The van der Waals surface area contributed by atoms with Crippen LogP contribution in [0, 0.1) is 5.95 Å². The van der Waals surface area contributed by atoms with Crippen molar-refractivity contribution in [3.63, 3.8) is 0 Å². The molecule has 0 aromatic carbocycles. The maximum Gasteiger partial charge on any atom is 0.218 e. The Bertz CT molecular complexity index is 288. The van der Waals surface area contributed by atoms with Gasteiger partial charge in [-0.15, -0.1) is 0 Å². The summed E-state index contributed by atoms with van der Waals surface area (Å²) >= 11 is 5.60. The molecule has 2 nitrogen and oxygen atoms in total. The van der Waals surface area contributed by atoms with E-state index >= 15 is 0 Å². The molecule has 0 radical (unpaired) electrons. The van der Waals surface area contributed by atoms with Gasteiger partial charge in [0.25, 0.3) is 0 Å². The lowest BCUT2D eigenvalue weighted by Crippen LogP contribution is -1.91. The number of nitrogens with zero attached hydrogens (tertiary/aromatic N) is 1. The van der Waals surface area contributed by atoms with Gasteiger partial charge in [-0.3, -0.25) is 0 Å². The smallest absolute Gasteiger partial charge is 0.218 e. The van der Waals surface area contributed by atoms with E-state index in [1.54, 1.807) is 6.07 Å². The molecule has 0 spiro atoms. The van der Waals surface area contributed by atoms with Crippen molar-refractivity contribution in [1.82, 2.24) is 4.98 Å². The molecular formula is C7H5ClFNO. The molecule has 2 rings (SSSR count). The van der Waals surface area contributed by atoms with Crippen LogP contribution in [0.2, 0.25) is 5.02 Å². The zero-order valence-corrected chi connectivity index (χ0v) is 6.31. The van der Waals surface area contributed by atoms with Crippen molar-refractivity contribution in [3.8, 4) is 0 Å². The van der Waals surface area contributed by atoms with Gasteiger partial charge in [0.15, 0.2) is 0 Å². The number of hydrogen-bond donors (Lipinski definition) is 0. The van der Waals surface area contributed by atoms with Crippen molar-refractivity contribution in [2.45, 2.75) is 6.10 Å². The lowest BCUT2D eigenvalue weighted by atomic mass is 10.2. The molecule has 0 bridgehead atoms. The SMILES string of the molecule is Fc1ncc(Cl)cc1[C@@H]1CO1. The maximum absolute atomic E-state index is 12.8. The molecule has 0 aliphatic carbocycles. The van der Waals surface area contributed by atoms with Crippen molar-refractivity contribution >= 4 is 11.6 Å². The standard InChI is InChI=1S/C7H5ClFNO/c8-4-1-5(6-3-11-6)7(9)10-2-4/h1-2,6H,3H2/t6-/m0/s1. The van der Waals surface area contributed by atoms with E-state index in [0.717, 1.165) is 0 Å². The van der Waals surface area contributed by atoms with E-state index in [0.29, 0.717) is 17.2 Å². The van der Waals surface area contributed by atoms with Crippen molar-refractivity contribution in [2.24, 2.45) is 0 Å². The van der Waals surface area contributed by atoms with Crippen LogP contribution in [-0.2, 0) is 4.74 Å². The van der Waals surface area contributed by atoms with Gasteiger partial charge in [-0.25, -0.2) is 4.98 Å². The molecule has 0 saturated carbocycles. The Morgan fingerprint density at radius 2 is 2.45 bits per heavy atom. The van der Waals surface area contributed by atoms with Crippen LogP contribution >= 0.6 is 11.6 Å². The number of halogens is 2. The summed E-state index contributed by atoms with van der Waals surface area (Å²) in [4.78, 5) is 3.46. The van der Waals surface area contributed by atoms with Crippen LogP contribution in [0.1, 0.15) is 11.7 Å². The van der Waals surface area contributed by atoms with E-state index in [9.17, 15) is 4.39 Å². The molecule has 58 valence electrons. The Morgan fingerprint density at radius 1 is 1.73 bits per heavy atom. The van der Waals surface area contributed by atoms with Crippen molar-refractivity contribution in [3.05, 3.63) is 28.8 Å². The molecule has 1 atom stereocenters. The third-order valence-electron chi connectivity index (χ3n) is 1.51. The number of rotatable bonds is 1. The van der Waals surface area contributed by atoms with E-state index in [1.807, 2.05) is 0 Å². The van der Waals surface area contributed by atoms with Crippen LogP contribution in [0.4, 0.5) is 4.39 Å². The molecule has 1 aromatic heterocycles. The van der Waals surface area contributed by atoms with Gasteiger partial charge in [-0.1, -0.05) is 11.6 Å². The molecule has 1 fully saturated rings. The lowest BCUT2D eigenvalue weighted by molar-refractivity contribution is 0.404. The summed E-state index contributed by atoms with van der Waals surface area (Å²) in [6.07, 6.45) is 1.16. The van der Waals surface area contributed by atoms with Gasteiger partial charge in [-0.2, -0.15) is 4.39 Å². The quantitative estimate of drug-likeness (QED) is 0.479. The summed E-state index contributed by atoms with van der Waals surface area (Å²) in [5.74, 6) is -0.489. The highest BCUT2D eigenvalue weighted by Gasteiger charge is 2.28. The van der Waals surface area contributed by atoms with Crippen molar-refractivity contribution < 1.29 is 9.13 Å². The molecule has 1 saturated heterocycles. The molecule has 11 heavy (non-hydrogen) atoms. The Hall–Kier alpha value is -0.670. The highest BCUT2D eigenvalue weighted by Crippen LogP contribution is 2.31. The van der Waals surface area contributed by atoms with E-state index < -0.39 is 5.95 Å². The number of pyridine rings is 1. The third-order valence-corrected chi connectivity index (χ3v) is 1.72. The molecule has 1 aromatic rings. The van der Waals surface area contributed by atoms with Crippen LogP contribution in [0.5, 0.6) is 0 Å². The Morgan fingerprint density at radius 3 is 3.09 bits per heavy atom. The van der Waals surface area contributed by atoms with Crippen LogP contribution in [0.25, 0.3) is 0 Å². The van der Waals surface area contributed by atoms with Crippen LogP contribution < -0.4 is 0 Å².